The average Bonchev–Trinajstić information content (AvgIpc) is 3.10. The van der Waals surface area contributed by atoms with Crippen LogP contribution in [-0.2, 0) is 7.05 Å². The molecular formula is C16H16BF2N5O3. The number of benzene rings is 1. The molecule has 1 aromatic carbocycles. The van der Waals surface area contributed by atoms with Crippen LogP contribution in [0.25, 0.3) is 11.5 Å². The molecule has 140 valence electrons. The Bertz CT molecular complexity index is 1040. The number of rotatable bonds is 6. The van der Waals surface area contributed by atoms with Gasteiger partial charge in [-0.15, -0.1) is 5.10 Å². The van der Waals surface area contributed by atoms with Crippen molar-refractivity contribution >= 4 is 30.7 Å². The lowest BCUT2D eigenvalue weighted by Crippen LogP contribution is -2.22. The van der Waals surface area contributed by atoms with Gasteiger partial charge in [-0.1, -0.05) is 16.6 Å². The van der Waals surface area contributed by atoms with Crippen molar-refractivity contribution in [2.24, 2.45) is 7.05 Å². The maximum atomic E-state index is 14.7. The third-order valence-electron chi connectivity index (χ3n) is 3.75. The predicted molar refractivity (Wildman–Crippen MR) is 98.4 cm³/mol. The first-order valence-corrected chi connectivity index (χ1v) is 8.01. The van der Waals surface area contributed by atoms with E-state index in [1.54, 1.807) is 13.9 Å². The van der Waals surface area contributed by atoms with Crippen LogP contribution in [0.2, 0.25) is 0 Å². The molecule has 0 unspecified atom stereocenters. The lowest BCUT2D eigenvalue weighted by atomic mass is 9.96. The van der Waals surface area contributed by atoms with Crippen LogP contribution in [0.3, 0.4) is 0 Å². The molecule has 0 radical (unpaired) electrons. The lowest BCUT2D eigenvalue weighted by molar-refractivity contribution is 0.309. The Balaban J connectivity index is 2.08. The summed E-state index contributed by atoms with van der Waals surface area (Å²) in [6.07, 6.45) is 1.31. The zero-order valence-corrected chi connectivity index (χ0v) is 14.6. The van der Waals surface area contributed by atoms with E-state index in [-0.39, 0.29) is 42.0 Å². The topological polar surface area (TPSA) is 105 Å². The highest BCUT2D eigenvalue weighted by molar-refractivity contribution is 6.32. The SMILES string of the molecule is Bc1ccc(Nc2c(-c3nnc(NCCO)o3)cn(C)c(=O)c2F)c(F)c1. The normalized spacial score (nSPS) is 10.8. The predicted octanol–water partition coefficient (Wildman–Crippen LogP) is 0.120. The van der Waals surface area contributed by atoms with Crippen molar-refractivity contribution in [3.8, 4) is 11.5 Å². The number of aliphatic hydroxyl groups excluding tert-OH is 1. The van der Waals surface area contributed by atoms with Crippen molar-refractivity contribution in [3.63, 3.8) is 0 Å². The van der Waals surface area contributed by atoms with Gasteiger partial charge in [-0.25, -0.2) is 4.39 Å². The molecule has 0 amide bonds. The molecule has 0 bridgehead atoms. The summed E-state index contributed by atoms with van der Waals surface area (Å²) in [6, 6.07) is 4.38. The smallest absolute Gasteiger partial charge is 0.315 e. The summed E-state index contributed by atoms with van der Waals surface area (Å²) in [6.45, 7) is 0.0364. The minimum absolute atomic E-state index is 0.00727. The fraction of sp³-hybridized carbons (Fsp3) is 0.188. The maximum Gasteiger partial charge on any atom is 0.315 e. The van der Waals surface area contributed by atoms with E-state index in [2.05, 4.69) is 20.8 Å². The zero-order chi connectivity index (χ0) is 19.6. The second-order valence-electron chi connectivity index (χ2n) is 5.82. The number of aryl methyl sites for hydroxylation is 1. The van der Waals surface area contributed by atoms with Gasteiger partial charge in [0.2, 0.25) is 5.82 Å². The lowest BCUT2D eigenvalue weighted by Gasteiger charge is -2.13. The monoisotopic (exact) mass is 375 g/mol. The fourth-order valence-electron chi connectivity index (χ4n) is 2.40. The van der Waals surface area contributed by atoms with E-state index in [0.29, 0.717) is 5.46 Å². The highest BCUT2D eigenvalue weighted by Gasteiger charge is 2.21. The maximum absolute atomic E-state index is 14.7. The van der Waals surface area contributed by atoms with Crippen molar-refractivity contribution in [2.75, 3.05) is 23.8 Å². The summed E-state index contributed by atoms with van der Waals surface area (Å²) in [5.74, 6) is -1.80. The molecule has 2 aromatic heterocycles. The largest absolute Gasteiger partial charge is 0.403 e. The molecule has 2 heterocycles. The molecule has 0 aliphatic rings. The molecule has 27 heavy (non-hydrogen) atoms. The van der Waals surface area contributed by atoms with E-state index in [9.17, 15) is 13.6 Å². The van der Waals surface area contributed by atoms with E-state index >= 15 is 0 Å². The Labute approximate surface area is 153 Å². The van der Waals surface area contributed by atoms with Gasteiger partial charge in [0.15, 0.2) is 0 Å². The van der Waals surface area contributed by atoms with Gasteiger partial charge in [-0.3, -0.25) is 4.79 Å². The van der Waals surface area contributed by atoms with Crippen molar-refractivity contribution in [2.45, 2.75) is 0 Å². The molecule has 3 rings (SSSR count). The summed E-state index contributed by atoms with van der Waals surface area (Å²) in [5, 5.41) is 21.7. The Morgan fingerprint density at radius 2 is 2.11 bits per heavy atom. The Kier molecular flexibility index (Phi) is 5.22. The van der Waals surface area contributed by atoms with E-state index in [1.807, 2.05) is 0 Å². The van der Waals surface area contributed by atoms with E-state index in [0.717, 1.165) is 4.57 Å². The zero-order valence-electron chi connectivity index (χ0n) is 14.6. The number of hydrogen-bond donors (Lipinski definition) is 3. The van der Waals surface area contributed by atoms with Gasteiger partial charge in [-0.2, -0.15) is 4.39 Å². The van der Waals surface area contributed by atoms with Gasteiger partial charge in [0.25, 0.3) is 11.4 Å². The van der Waals surface area contributed by atoms with Crippen LogP contribution in [-0.4, -0.2) is 40.9 Å². The highest BCUT2D eigenvalue weighted by atomic mass is 19.1. The first kappa shape index (κ1) is 18.6. The van der Waals surface area contributed by atoms with Gasteiger partial charge in [0, 0.05) is 19.8 Å². The number of aromatic nitrogens is 3. The Morgan fingerprint density at radius 1 is 1.33 bits per heavy atom. The van der Waals surface area contributed by atoms with Gasteiger partial charge in [0.1, 0.15) is 13.7 Å². The number of nitrogens with one attached hydrogen (secondary N) is 2. The molecular weight excluding hydrogens is 359 g/mol. The molecule has 8 nitrogen and oxygen atoms in total. The van der Waals surface area contributed by atoms with E-state index in [4.69, 9.17) is 9.52 Å². The van der Waals surface area contributed by atoms with Crippen LogP contribution in [0.5, 0.6) is 0 Å². The number of halogens is 2. The van der Waals surface area contributed by atoms with Crippen molar-refractivity contribution in [3.05, 3.63) is 46.4 Å². The summed E-state index contributed by atoms with van der Waals surface area (Å²) in [7, 11) is 3.09. The van der Waals surface area contributed by atoms with Crippen LogP contribution < -0.4 is 21.7 Å². The summed E-state index contributed by atoms with van der Waals surface area (Å²) >= 11 is 0. The standard InChI is InChI=1S/C16H16BF2N5O3/c1-24-7-9(14-22-23-16(27-14)20-4-5-25)13(12(19)15(24)26)21-11-3-2-8(17)6-10(11)18/h2-3,6-7,21,25H,4-5,17H2,1H3,(H,20,23). The fourth-order valence-corrected chi connectivity index (χ4v) is 2.40. The molecule has 3 N–H and O–H groups in total. The van der Waals surface area contributed by atoms with Gasteiger partial charge in [-0.05, 0) is 12.1 Å². The van der Waals surface area contributed by atoms with Gasteiger partial charge in [0.05, 0.1) is 23.5 Å². The molecule has 0 fully saturated rings. The minimum atomic E-state index is -1.11. The molecule has 0 spiro atoms. The van der Waals surface area contributed by atoms with Crippen molar-refractivity contribution in [1.29, 1.82) is 0 Å². The average molecular weight is 375 g/mol. The number of anilines is 3. The summed E-state index contributed by atoms with van der Waals surface area (Å²) < 4.78 is 35.2. The molecule has 0 saturated carbocycles. The minimum Gasteiger partial charge on any atom is -0.403 e. The van der Waals surface area contributed by atoms with Gasteiger partial charge >= 0.3 is 6.01 Å². The first-order chi connectivity index (χ1) is 12.9. The molecule has 11 heteroatoms. The Morgan fingerprint density at radius 3 is 2.81 bits per heavy atom. The molecule has 0 saturated heterocycles. The second kappa shape index (κ2) is 7.58. The number of pyridine rings is 1. The van der Waals surface area contributed by atoms with Crippen LogP contribution in [0, 0.1) is 11.6 Å². The molecule has 0 aliphatic carbocycles. The van der Waals surface area contributed by atoms with Crippen LogP contribution >= 0.6 is 0 Å². The third kappa shape index (κ3) is 3.82. The first-order valence-electron chi connectivity index (χ1n) is 8.01. The van der Waals surface area contributed by atoms with Gasteiger partial charge < -0.3 is 24.7 Å². The van der Waals surface area contributed by atoms with Crippen molar-refractivity contribution < 1.29 is 18.3 Å². The number of aliphatic hydroxyl groups is 1. The number of hydrogen-bond acceptors (Lipinski definition) is 7. The van der Waals surface area contributed by atoms with Crippen LogP contribution in [0.4, 0.5) is 26.2 Å². The molecule has 0 aliphatic heterocycles. The van der Waals surface area contributed by atoms with E-state index in [1.165, 1.54) is 25.4 Å². The quantitative estimate of drug-likeness (QED) is 0.526. The van der Waals surface area contributed by atoms with E-state index < -0.39 is 17.2 Å². The third-order valence-corrected chi connectivity index (χ3v) is 3.75. The van der Waals surface area contributed by atoms with Crippen molar-refractivity contribution in [1.82, 2.24) is 14.8 Å². The Hall–Kier alpha value is -3.21. The summed E-state index contributed by atoms with van der Waals surface area (Å²) in [5.41, 5.74) is -0.407. The second-order valence-corrected chi connectivity index (χ2v) is 5.82. The molecule has 0 atom stereocenters. The van der Waals surface area contributed by atoms with Crippen LogP contribution in [0.15, 0.2) is 33.6 Å². The summed E-state index contributed by atoms with van der Waals surface area (Å²) in [4.78, 5) is 12.0. The molecule has 3 aromatic rings. The number of nitrogens with zero attached hydrogens (tertiary/aromatic N) is 3. The van der Waals surface area contributed by atoms with Crippen LogP contribution in [0.1, 0.15) is 0 Å². The highest BCUT2D eigenvalue weighted by Crippen LogP contribution is 2.31.